The van der Waals surface area contributed by atoms with Crippen LogP contribution in [0.1, 0.15) is 52.9 Å². The second-order valence-electron chi connectivity index (χ2n) is 5.34. The first-order valence-electron chi connectivity index (χ1n) is 6.24. The standard InChI is InChI=1S/C13H24N2/c1-4-12-7-5-6-9-15(12)10-8-13(2,3)11-14/h12H,4-10H2,1-3H3. The number of nitriles is 1. The Labute approximate surface area is 94.3 Å². The van der Waals surface area contributed by atoms with Crippen LogP contribution < -0.4 is 0 Å². The van der Waals surface area contributed by atoms with Crippen molar-refractivity contribution in [1.82, 2.24) is 4.90 Å². The van der Waals surface area contributed by atoms with Gasteiger partial charge in [-0.1, -0.05) is 13.3 Å². The Bertz CT molecular complexity index is 227. The van der Waals surface area contributed by atoms with Crippen LogP contribution in [0.5, 0.6) is 0 Å². The molecule has 0 aromatic carbocycles. The van der Waals surface area contributed by atoms with E-state index in [1.807, 2.05) is 13.8 Å². The maximum Gasteiger partial charge on any atom is 0.0684 e. The molecule has 0 saturated carbocycles. The third-order valence-electron chi connectivity index (χ3n) is 3.55. The largest absolute Gasteiger partial charge is 0.300 e. The number of nitrogens with zero attached hydrogens (tertiary/aromatic N) is 2. The molecule has 0 aromatic heterocycles. The van der Waals surface area contributed by atoms with Crippen molar-refractivity contribution < 1.29 is 0 Å². The molecule has 0 aliphatic carbocycles. The van der Waals surface area contributed by atoms with Crippen LogP contribution in [0.2, 0.25) is 0 Å². The molecule has 1 fully saturated rings. The second kappa shape index (κ2) is 5.51. The molecule has 1 heterocycles. The highest BCUT2D eigenvalue weighted by Gasteiger charge is 2.23. The van der Waals surface area contributed by atoms with E-state index in [9.17, 15) is 0 Å². The summed E-state index contributed by atoms with van der Waals surface area (Å²) in [5, 5.41) is 8.98. The van der Waals surface area contributed by atoms with Gasteiger partial charge in [-0.3, -0.25) is 0 Å². The number of likely N-dealkylation sites (tertiary alicyclic amines) is 1. The Kier molecular flexibility index (Phi) is 4.60. The van der Waals surface area contributed by atoms with E-state index >= 15 is 0 Å². The lowest BCUT2D eigenvalue weighted by Gasteiger charge is -2.36. The van der Waals surface area contributed by atoms with Crippen LogP contribution in [-0.4, -0.2) is 24.0 Å². The summed E-state index contributed by atoms with van der Waals surface area (Å²) < 4.78 is 0. The van der Waals surface area contributed by atoms with Gasteiger partial charge >= 0.3 is 0 Å². The maximum absolute atomic E-state index is 8.98. The lowest BCUT2D eigenvalue weighted by molar-refractivity contribution is 0.131. The highest BCUT2D eigenvalue weighted by atomic mass is 15.2. The molecular formula is C13H24N2. The van der Waals surface area contributed by atoms with Gasteiger partial charge in [0.05, 0.1) is 11.5 Å². The zero-order valence-electron chi connectivity index (χ0n) is 10.4. The van der Waals surface area contributed by atoms with E-state index in [4.69, 9.17) is 5.26 Å². The Morgan fingerprint density at radius 2 is 2.13 bits per heavy atom. The SMILES string of the molecule is CCC1CCCCN1CCC(C)(C)C#N. The van der Waals surface area contributed by atoms with Crippen molar-refractivity contribution in [2.24, 2.45) is 5.41 Å². The van der Waals surface area contributed by atoms with Gasteiger partial charge in [-0.05, 0) is 52.6 Å². The average Bonchev–Trinajstić information content (AvgIpc) is 2.27. The summed E-state index contributed by atoms with van der Waals surface area (Å²) in [6.07, 6.45) is 6.33. The number of rotatable bonds is 4. The second-order valence-corrected chi connectivity index (χ2v) is 5.34. The fourth-order valence-corrected chi connectivity index (χ4v) is 2.30. The highest BCUT2D eigenvalue weighted by Crippen LogP contribution is 2.24. The van der Waals surface area contributed by atoms with Crippen LogP contribution in [0.3, 0.4) is 0 Å². The summed E-state index contributed by atoms with van der Waals surface area (Å²) in [4.78, 5) is 2.59. The first-order valence-corrected chi connectivity index (χ1v) is 6.24. The molecule has 0 N–H and O–H groups in total. The molecule has 1 unspecified atom stereocenters. The summed E-state index contributed by atoms with van der Waals surface area (Å²) in [5.74, 6) is 0. The van der Waals surface area contributed by atoms with E-state index in [1.165, 1.54) is 32.2 Å². The fourth-order valence-electron chi connectivity index (χ4n) is 2.30. The van der Waals surface area contributed by atoms with Gasteiger partial charge in [0.25, 0.3) is 0 Å². The van der Waals surface area contributed by atoms with Gasteiger partial charge in [0.2, 0.25) is 0 Å². The van der Waals surface area contributed by atoms with Gasteiger partial charge in [0.15, 0.2) is 0 Å². The van der Waals surface area contributed by atoms with Crippen molar-refractivity contribution in [3.8, 4) is 6.07 Å². The molecule has 1 aliphatic rings. The molecule has 0 radical (unpaired) electrons. The molecule has 0 spiro atoms. The quantitative estimate of drug-likeness (QED) is 0.709. The molecule has 2 nitrogen and oxygen atoms in total. The zero-order chi connectivity index (χ0) is 11.3. The molecule has 15 heavy (non-hydrogen) atoms. The fraction of sp³-hybridized carbons (Fsp3) is 0.923. The predicted molar refractivity (Wildman–Crippen MR) is 63.5 cm³/mol. The number of hydrogen-bond donors (Lipinski definition) is 0. The molecule has 0 aromatic rings. The Balaban J connectivity index is 2.39. The minimum Gasteiger partial charge on any atom is -0.300 e. The Hall–Kier alpha value is -0.550. The maximum atomic E-state index is 8.98. The Morgan fingerprint density at radius 3 is 2.73 bits per heavy atom. The highest BCUT2D eigenvalue weighted by molar-refractivity contribution is 4.92. The van der Waals surface area contributed by atoms with Crippen LogP contribution >= 0.6 is 0 Å². The van der Waals surface area contributed by atoms with Gasteiger partial charge in [0.1, 0.15) is 0 Å². The molecule has 1 atom stereocenters. The number of piperidine rings is 1. The summed E-state index contributed by atoms with van der Waals surface area (Å²) in [5.41, 5.74) is -0.157. The van der Waals surface area contributed by atoms with Crippen molar-refractivity contribution >= 4 is 0 Å². The van der Waals surface area contributed by atoms with Crippen LogP contribution in [-0.2, 0) is 0 Å². The molecule has 0 amide bonds. The topological polar surface area (TPSA) is 27.0 Å². The van der Waals surface area contributed by atoms with Gasteiger partial charge in [-0.25, -0.2) is 0 Å². The van der Waals surface area contributed by atoms with Crippen molar-refractivity contribution in [2.75, 3.05) is 13.1 Å². The van der Waals surface area contributed by atoms with Crippen LogP contribution in [0.25, 0.3) is 0 Å². The third kappa shape index (κ3) is 3.83. The summed E-state index contributed by atoms with van der Waals surface area (Å²) in [6, 6.07) is 3.16. The molecule has 1 aliphatic heterocycles. The lowest BCUT2D eigenvalue weighted by Crippen LogP contribution is -2.40. The minimum absolute atomic E-state index is 0.157. The van der Waals surface area contributed by atoms with Gasteiger partial charge in [-0.2, -0.15) is 5.26 Å². The zero-order valence-corrected chi connectivity index (χ0v) is 10.4. The van der Waals surface area contributed by atoms with E-state index in [1.54, 1.807) is 0 Å². The molecule has 2 heteroatoms. The van der Waals surface area contributed by atoms with Crippen molar-refractivity contribution in [3.63, 3.8) is 0 Å². The first-order chi connectivity index (χ1) is 7.09. The molecular weight excluding hydrogens is 184 g/mol. The molecule has 86 valence electrons. The minimum atomic E-state index is -0.157. The van der Waals surface area contributed by atoms with E-state index in [0.29, 0.717) is 0 Å². The van der Waals surface area contributed by atoms with Gasteiger partial charge in [0, 0.05) is 6.04 Å². The average molecular weight is 208 g/mol. The summed E-state index contributed by atoms with van der Waals surface area (Å²) in [6.45, 7) is 8.69. The van der Waals surface area contributed by atoms with Crippen LogP contribution in [0, 0.1) is 16.7 Å². The molecule has 1 saturated heterocycles. The number of hydrogen-bond acceptors (Lipinski definition) is 2. The van der Waals surface area contributed by atoms with Crippen molar-refractivity contribution in [3.05, 3.63) is 0 Å². The molecule has 0 bridgehead atoms. The Morgan fingerprint density at radius 1 is 1.40 bits per heavy atom. The van der Waals surface area contributed by atoms with Gasteiger partial charge in [-0.15, -0.1) is 0 Å². The first kappa shape index (κ1) is 12.5. The molecule has 1 rings (SSSR count). The normalized spacial score (nSPS) is 23.7. The van der Waals surface area contributed by atoms with E-state index in [-0.39, 0.29) is 5.41 Å². The smallest absolute Gasteiger partial charge is 0.0684 e. The van der Waals surface area contributed by atoms with E-state index in [0.717, 1.165) is 19.0 Å². The van der Waals surface area contributed by atoms with Crippen LogP contribution in [0.4, 0.5) is 0 Å². The summed E-state index contributed by atoms with van der Waals surface area (Å²) >= 11 is 0. The van der Waals surface area contributed by atoms with E-state index in [2.05, 4.69) is 17.9 Å². The monoisotopic (exact) mass is 208 g/mol. The van der Waals surface area contributed by atoms with Crippen molar-refractivity contribution in [2.45, 2.75) is 58.9 Å². The van der Waals surface area contributed by atoms with Crippen molar-refractivity contribution in [1.29, 1.82) is 5.26 Å². The predicted octanol–water partition coefficient (Wildman–Crippen LogP) is 3.19. The third-order valence-corrected chi connectivity index (χ3v) is 3.55. The van der Waals surface area contributed by atoms with Gasteiger partial charge < -0.3 is 4.90 Å². The summed E-state index contributed by atoms with van der Waals surface area (Å²) in [7, 11) is 0. The van der Waals surface area contributed by atoms with E-state index < -0.39 is 0 Å². The van der Waals surface area contributed by atoms with Crippen LogP contribution in [0.15, 0.2) is 0 Å². The lowest BCUT2D eigenvalue weighted by atomic mass is 9.90.